The molecule has 2 aliphatic heterocycles. The second kappa shape index (κ2) is 16.7. The zero-order valence-corrected chi connectivity index (χ0v) is 26.1. The van der Waals surface area contributed by atoms with Crippen LogP contribution in [0, 0.1) is 22.7 Å². The predicted octanol–water partition coefficient (Wildman–Crippen LogP) is 3.60. The number of hydrogen-bond donors (Lipinski definition) is 8. The fraction of sp³-hybridized carbons (Fsp3) is 0.633. The van der Waals surface area contributed by atoms with Crippen LogP contribution in [0.1, 0.15) is 65.7 Å². The molecule has 0 aromatic carbocycles. The Morgan fingerprint density at radius 1 is 1.26 bits per heavy atom. The van der Waals surface area contributed by atoms with E-state index in [1.54, 1.807) is 30.6 Å². The van der Waals surface area contributed by atoms with Crippen LogP contribution < -0.4 is 27.0 Å². The Morgan fingerprint density at radius 2 is 2.05 bits per heavy atom. The first kappa shape index (κ1) is 33.7. The number of amides is 1. The SMILES string of the molecule is CCCC(CCOC(=N)/C=C\NC1=CC=C(C(N)=O)C(N2CC(NCCCN/C=C\C(=N)SO)CC2(C)C)N1)C1CC1. The molecule has 1 aliphatic carbocycles. The summed E-state index contributed by atoms with van der Waals surface area (Å²) in [6.07, 6.45) is 17.6. The van der Waals surface area contributed by atoms with Crippen molar-refractivity contribution in [3.8, 4) is 0 Å². The van der Waals surface area contributed by atoms with Gasteiger partial charge in [0.2, 0.25) is 11.8 Å². The summed E-state index contributed by atoms with van der Waals surface area (Å²) in [5.74, 6) is 1.95. The summed E-state index contributed by atoms with van der Waals surface area (Å²) in [4.78, 5) is 14.6. The summed E-state index contributed by atoms with van der Waals surface area (Å²) in [6.45, 7) is 9.46. The number of nitrogens with one attached hydrogen (secondary N) is 6. The highest BCUT2D eigenvalue weighted by Crippen LogP contribution is 2.40. The highest BCUT2D eigenvalue weighted by Gasteiger charge is 2.44. The van der Waals surface area contributed by atoms with Crippen LogP contribution in [0.5, 0.6) is 0 Å². The molecule has 11 nitrogen and oxygen atoms in total. The molecule has 1 amide bonds. The predicted molar refractivity (Wildman–Crippen MR) is 171 cm³/mol. The molecule has 3 aliphatic rings. The molecule has 42 heavy (non-hydrogen) atoms. The quantitative estimate of drug-likeness (QED) is 0.0505. The monoisotopic (exact) mass is 602 g/mol. The van der Waals surface area contributed by atoms with Gasteiger partial charge >= 0.3 is 0 Å². The number of primary amides is 1. The van der Waals surface area contributed by atoms with Gasteiger partial charge in [-0.1, -0.05) is 19.8 Å². The van der Waals surface area contributed by atoms with E-state index >= 15 is 0 Å². The molecule has 3 unspecified atom stereocenters. The van der Waals surface area contributed by atoms with Crippen LogP contribution in [0.2, 0.25) is 0 Å². The average molecular weight is 603 g/mol. The third kappa shape index (κ3) is 10.8. The summed E-state index contributed by atoms with van der Waals surface area (Å²) in [6, 6.07) is 0.252. The standard InChI is InChI=1S/C30H50N8O3S/c1-4-6-21(22-7-8-22)13-18-41-25(31)11-17-36-27-10-9-24(28(33)39)29(37-27)38-20-23(19-30(38,2)3)35-15-5-14-34-16-12-26(32)42-40/h9-12,16-17,21-23,29,31-32,34-37,40H,4-8,13-15,18-20H2,1-3H3,(H2,33,39)/b16-12-,17-11-,31-25?,32-26?. The van der Waals surface area contributed by atoms with Crippen molar-refractivity contribution in [1.82, 2.24) is 26.2 Å². The lowest BCUT2D eigenvalue weighted by Gasteiger charge is -2.40. The number of likely N-dealkylation sites (tertiary alicyclic amines) is 1. The Kier molecular flexibility index (Phi) is 13.4. The van der Waals surface area contributed by atoms with Crippen molar-refractivity contribution in [2.24, 2.45) is 17.6 Å². The lowest BCUT2D eigenvalue weighted by Crippen LogP contribution is -2.56. The van der Waals surface area contributed by atoms with Gasteiger partial charge < -0.3 is 36.3 Å². The third-order valence-electron chi connectivity index (χ3n) is 8.10. The highest BCUT2D eigenvalue weighted by molar-refractivity contribution is 8.09. The van der Waals surface area contributed by atoms with Gasteiger partial charge in [-0.25, -0.2) is 0 Å². The maximum absolute atomic E-state index is 12.3. The molecule has 0 radical (unpaired) electrons. The van der Waals surface area contributed by atoms with Gasteiger partial charge in [0, 0.05) is 49.0 Å². The van der Waals surface area contributed by atoms with Gasteiger partial charge in [0.05, 0.1) is 12.2 Å². The number of hydrogen-bond acceptors (Lipinski definition) is 11. The van der Waals surface area contributed by atoms with Gasteiger partial charge in [0.1, 0.15) is 17.0 Å². The molecular weight excluding hydrogens is 552 g/mol. The molecule has 12 heteroatoms. The second-order valence-corrected chi connectivity index (χ2v) is 12.5. The van der Waals surface area contributed by atoms with Crippen LogP contribution in [0.25, 0.3) is 0 Å². The number of rotatable bonds is 18. The molecule has 9 N–H and O–H groups in total. The number of ether oxygens (including phenoxy) is 1. The summed E-state index contributed by atoms with van der Waals surface area (Å²) in [5.41, 5.74) is 6.10. The van der Waals surface area contributed by atoms with Gasteiger partial charge in [-0.05, 0) is 88.8 Å². The fourth-order valence-corrected chi connectivity index (χ4v) is 5.95. The Labute approximate surface area is 255 Å². The highest BCUT2D eigenvalue weighted by atomic mass is 32.2. The molecule has 1 saturated heterocycles. The summed E-state index contributed by atoms with van der Waals surface area (Å²) in [7, 11) is 0. The lowest BCUT2D eigenvalue weighted by molar-refractivity contribution is -0.115. The number of nitrogens with zero attached hydrogens (tertiary/aromatic N) is 1. The second-order valence-electron chi connectivity index (χ2n) is 11.9. The Morgan fingerprint density at radius 3 is 2.74 bits per heavy atom. The van der Waals surface area contributed by atoms with Gasteiger partial charge in [-0.15, -0.1) is 0 Å². The molecule has 1 saturated carbocycles. The Bertz CT molecular complexity index is 1050. The van der Waals surface area contributed by atoms with Gasteiger partial charge in [0.25, 0.3) is 0 Å². The molecule has 0 bridgehead atoms. The van der Waals surface area contributed by atoms with Crippen molar-refractivity contribution in [1.29, 1.82) is 10.8 Å². The van der Waals surface area contributed by atoms with E-state index < -0.39 is 5.91 Å². The molecule has 0 aromatic rings. The first-order valence-electron chi connectivity index (χ1n) is 15.1. The van der Waals surface area contributed by atoms with E-state index in [4.69, 9.17) is 25.8 Å². The van der Waals surface area contributed by atoms with Gasteiger partial charge in [0.15, 0.2) is 0 Å². The number of dihydropyridines is 1. The minimum absolute atomic E-state index is 0.0853. The van der Waals surface area contributed by atoms with E-state index in [9.17, 15) is 4.79 Å². The first-order valence-corrected chi connectivity index (χ1v) is 15.8. The molecule has 2 heterocycles. The first-order chi connectivity index (χ1) is 20.1. The van der Waals surface area contributed by atoms with Crippen LogP contribution in [0.15, 0.2) is 48.1 Å². The van der Waals surface area contributed by atoms with Crippen molar-refractivity contribution < 1.29 is 14.1 Å². The van der Waals surface area contributed by atoms with Crippen LogP contribution in [-0.2, 0) is 9.53 Å². The summed E-state index contributed by atoms with van der Waals surface area (Å²) >= 11 is 0.412. The van der Waals surface area contributed by atoms with Crippen molar-refractivity contribution in [3.63, 3.8) is 0 Å². The fourth-order valence-electron chi connectivity index (χ4n) is 5.83. The molecule has 234 valence electrons. The normalized spacial score (nSPS) is 22.9. The summed E-state index contributed by atoms with van der Waals surface area (Å²) in [5, 5.41) is 29.0. The van der Waals surface area contributed by atoms with E-state index in [0.717, 1.165) is 44.8 Å². The molecular formula is C30H50N8O3S. The number of allylic oxidation sites excluding steroid dienone is 2. The summed E-state index contributed by atoms with van der Waals surface area (Å²) < 4.78 is 14.4. The number of nitrogens with two attached hydrogens (primary N) is 1. The molecule has 3 rings (SSSR count). The molecule has 2 fully saturated rings. The topological polar surface area (TPSA) is 172 Å². The maximum Gasteiger partial charge on any atom is 0.248 e. The minimum atomic E-state index is -0.458. The van der Waals surface area contributed by atoms with Crippen LogP contribution in [-0.4, -0.2) is 70.3 Å². The van der Waals surface area contributed by atoms with Crippen LogP contribution in [0.4, 0.5) is 0 Å². The largest absolute Gasteiger partial charge is 0.478 e. The van der Waals surface area contributed by atoms with Crippen LogP contribution in [0.3, 0.4) is 0 Å². The van der Waals surface area contributed by atoms with E-state index in [1.165, 1.54) is 31.8 Å². The Hall–Kier alpha value is -2.80. The molecule has 0 spiro atoms. The van der Waals surface area contributed by atoms with E-state index in [2.05, 4.69) is 46.9 Å². The van der Waals surface area contributed by atoms with E-state index in [0.29, 0.717) is 36.0 Å². The average Bonchev–Trinajstić information content (AvgIpc) is 3.75. The van der Waals surface area contributed by atoms with E-state index in [-0.39, 0.29) is 28.7 Å². The molecule has 0 aromatic heterocycles. The zero-order valence-electron chi connectivity index (χ0n) is 25.2. The molecule has 3 atom stereocenters. The Balaban J connectivity index is 1.46. The van der Waals surface area contributed by atoms with Crippen molar-refractivity contribution in [2.45, 2.75) is 83.5 Å². The van der Waals surface area contributed by atoms with Crippen LogP contribution >= 0.6 is 12.0 Å². The third-order valence-corrected chi connectivity index (χ3v) is 8.44. The lowest BCUT2D eigenvalue weighted by atomic mass is 9.95. The smallest absolute Gasteiger partial charge is 0.248 e. The van der Waals surface area contributed by atoms with Crippen molar-refractivity contribution in [2.75, 3.05) is 26.2 Å². The zero-order chi connectivity index (χ0) is 30.5. The van der Waals surface area contributed by atoms with Crippen molar-refractivity contribution in [3.05, 3.63) is 48.1 Å². The van der Waals surface area contributed by atoms with Gasteiger partial charge in [-0.3, -0.25) is 20.5 Å². The number of carbonyl (C=O) groups excluding carboxylic acids is 1. The van der Waals surface area contributed by atoms with E-state index in [1.807, 2.05) is 0 Å². The number of carbonyl (C=O) groups is 1. The van der Waals surface area contributed by atoms with Gasteiger partial charge in [-0.2, -0.15) is 0 Å². The minimum Gasteiger partial charge on any atom is -0.478 e. The van der Waals surface area contributed by atoms with Crippen molar-refractivity contribution >= 4 is 28.9 Å². The maximum atomic E-state index is 12.3.